The number of hydrogen-bond donors (Lipinski definition) is 2. The van der Waals surface area contributed by atoms with Crippen molar-refractivity contribution >= 4 is 24.4 Å². The lowest BCUT2D eigenvalue weighted by atomic mass is 10.1. The van der Waals surface area contributed by atoms with E-state index in [2.05, 4.69) is 15.3 Å². The van der Waals surface area contributed by atoms with E-state index in [0.29, 0.717) is 16.2 Å². The molecule has 0 amide bonds. The van der Waals surface area contributed by atoms with Crippen LogP contribution in [-0.2, 0) is 0 Å². The Bertz CT molecular complexity index is 990. The first-order valence-corrected chi connectivity index (χ1v) is 7.69. The lowest BCUT2D eigenvalue weighted by Crippen LogP contribution is -2.02. The van der Waals surface area contributed by atoms with Gasteiger partial charge in [0.1, 0.15) is 5.75 Å². The molecule has 2 N–H and O–H groups in total. The highest BCUT2D eigenvalue weighted by atomic mass is 32.1. The fourth-order valence-electron chi connectivity index (χ4n) is 2.25. The molecule has 0 atom stereocenters. The third-order valence-corrected chi connectivity index (χ3v) is 3.77. The second-order valence-corrected chi connectivity index (χ2v) is 5.42. The first-order valence-electron chi connectivity index (χ1n) is 7.28. The smallest absolute Gasteiger partial charge is 0.336 e. The number of aromatic nitrogens is 3. The van der Waals surface area contributed by atoms with Crippen LogP contribution >= 0.6 is 12.2 Å². The van der Waals surface area contributed by atoms with Gasteiger partial charge in [0.25, 0.3) is 0 Å². The fourth-order valence-corrected chi connectivity index (χ4v) is 2.43. The maximum atomic E-state index is 11.3. The van der Waals surface area contributed by atoms with Gasteiger partial charge in [-0.3, -0.25) is 0 Å². The number of hydrogen-bond acceptors (Lipinski definition) is 5. The topological polar surface area (TPSA) is 92.5 Å². The van der Waals surface area contributed by atoms with Crippen LogP contribution in [0.15, 0.2) is 53.6 Å². The molecule has 0 saturated heterocycles. The minimum atomic E-state index is -1.02. The van der Waals surface area contributed by atoms with Crippen LogP contribution in [0.25, 0.3) is 11.4 Å². The number of H-pyrrole nitrogens is 1. The molecule has 2 aromatic carbocycles. The Kier molecular flexibility index (Phi) is 4.71. The summed E-state index contributed by atoms with van der Waals surface area (Å²) in [6.07, 6.45) is 1.45. The lowest BCUT2D eigenvalue weighted by Gasteiger charge is -2.03. The second-order valence-electron chi connectivity index (χ2n) is 5.03. The van der Waals surface area contributed by atoms with Gasteiger partial charge in [0.15, 0.2) is 5.82 Å². The summed E-state index contributed by atoms with van der Waals surface area (Å²) >= 11 is 5.21. The number of aromatic carboxylic acids is 1. The fraction of sp³-hybridized carbons (Fsp3) is 0.0588. The van der Waals surface area contributed by atoms with Crippen molar-refractivity contribution in [3.05, 3.63) is 64.4 Å². The molecular weight excluding hydrogens is 340 g/mol. The average Bonchev–Trinajstić information content (AvgIpc) is 3.00. The van der Waals surface area contributed by atoms with E-state index in [1.807, 2.05) is 12.1 Å². The molecule has 25 heavy (non-hydrogen) atoms. The monoisotopic (exact) mass is 354 g/mol. The summed E-state index contributed by atoms with van der Waals surface area (Å²) in [6.45, 7) is 0. The molecule has 1 aromatic heterocycles. The molecule has 3 aromatic rings. The Labute approximate surface area is 148 Å². The van der Waals surface area contributed by atoms with Crippen molar-refractivity contribution in [3.8, 4) is 17.1 Å². The van der Waals surface area contributed by atoms with Crippen LogP contribution in [-0.4, -0.2) is 39.3 Å². The largest absolute Gasteiger partial charge is 0.497 e. The molecule has 0 aliphatic carbocycles. The molecule has 3 rings (SSSR count). The molecule has 0 bridgehead atoms. The lowest BCUT2D eigenvalue weighted by molar-refractivity contribution is 0.0697. The number of carbonyl (C=O) groups is 1. The summed E-state index contributed by atoms with van der Waals surface area (Å²) in [5.41, 5.74) is 1.42. The molecule has 0 radical (unpaired) electrons. The van der Waals surface area contributed by atoms with Crippen molar-refractivity contribution in [3.63, 3.8) is 0 Å². The zero-order valence-corrected chi connectivity index (χ0v) is 14.0. The van der Waals surface area contributed by atoms with Crippen LogP contribution in [0.2, 0.25) is 0 Å². The number of carboxylic acids is 1. The molecule has 0 aliphatic heterocycles. The van der Waals surface area contributed by atoms with Crippen LogP contribution < -0.4 is 4.74 Å². The molecule has 0 fully saturated rings. The average molecular weight is 354 g/mol. The van der Waals surface area contributed by atoms with Gasteiger partial charge in [-0.15, -0.1) is 0 Å². The van der Waals surface area contributed by atoms with E-state index < -0.39 is 5.97 Å². The van der Waals surface area contributed by atoms with Gasteiger partial charge >= 0.3 is 5.97 Å². The molecular formula is C17H14N4O3S. The third kappa shape index (κ3) is 3.48. The van der Waals surface area contributed by atoms with Gasteiger partial charge in [0.2, 0.25) is 4.77 Å². The number of nitrogens with one attached hydrogen (secondary N) is 1. The van der Waals surface area contributed by atoms with Crippen LogP contribution in [0.3, 0.4) is 0 Å². The van der Waals surface area contributed by atoms with Crippen LogP contribution in [0, 0.1) is 4.77 Å². The van der Waals surface area contributed by atoms with Crippen molar-refractivity contribution in [2.45, 2.75) is 0 Å². The number of nitrogens with zero attached hydrogens (tertiary/aromatic N) is 3. The summed E-state index contributed by atoms with van der Waals surface area (Å²) in [7, 11) is 1.59. The predicted octanol–water partition coefficient (Wildman–Crippen LogP) is 3.20. The minimum absolute atomic E-state index is 0.160. The minimum Gasteiger partial charge on any atom is -0.497 e. The number of methoxy groups -OCH3 is 1. The molecule has 0 aliphatic rings. The summed E-state index contributed by atoms with van der Waals surface area (Å²) in [6, 6.07) is 13.9. The summed E-state index contributed by atoms with van der Waals surface area (Å²) in [4.78, 5) is 11.3. The number of rotatable bonds is 5. The third-order valence-electron chi connectivity index (χ3n) is 3.50. The van der Waals surface area contributed by atoms with E-state index in [1.54, 1.807) is 37.4 Å². The molecule has 0 saturated carbocycles. The van der Waals surface area contributed by atoms with Gasteiger partial charge in [-0.05, 0) is 42.5 Å². The SMILES string of the molecule is COc1ccc(-c2n[nH]c(=S)n2N=Cc2ccccc2C(=O)O)cc1. The summed E-state index contributed by atoms with van der Waals surface area (Å²) in [5, 5.41) is 20.4. The number of ether oxygens (including phenoxy) is 1. The van der Waals surface area contributed by atoms with E-state index in [-0.39, 0.29) is 5.56 Å². The van der Waals surface area contributed by atoms with Gasteiger partial charge in [0, 0.05) is 11.1 Å². The van der Waals surface area contributed by atoms with Crippen LogP contribution in [0.5, 0.6) is 5.75 Å². The van der Waals surface area contributed by atoms with E-state index in [9.17, 15) is 9.90 Å². The van der Waals surface area contributed by atoms with Crippen LogP contribution in [0.4, 0.5) is 0 Å². The van der Waals surface area contributed by atoms with E-state index in [1.165, 1.54) is 17.0 Å². The Balaban J connectivity index is 2.00. The summed E-state index contributed by atoms with van der Waals surface area (Å²) < 4.78 is 6.88. The van der Waals surface area contributed by atoms with Gasteiger partial charge in [-0.2, -0.15) is 14.9 Å². The maximum Gasteiger partial charge on any atom is 0.336 e. The second kappa shape index (κ2) is 7.10. The molecule has 0 unspecified atom stereocenters. The molecule has 8 heteroatoms. The zero-order chi connectivity index (χ0) is 17.8. The van der Waals surface area contributed by atoms with Crippen LogP contribution in [0.1, 0.15) is 15.9 Å². The normalized spacial score (nSPS) is 10.9. The molecule has 0 spiro atoms. The highest BCUT2D eigenvalue weighted by molar-refractivity contribution is 7.71. The first kappa shape index (κ1) is 16.6. The quantitative estimate of drug-likeness (QED) is 0.542. The van der Waals surface area contributed by atoms with Crippen molar-refractivity contribution < 1.29 is 14.6 Å². The van der Waals surface area contributed by atoms with Crippen molar-refractivity contribution in [2.24, 2.45) is 5.10 Å². The Morgan fingerprint density at radius 3 is 2.68 bits per heavy atom. The zero-order valence-electron chi connectivity index (χ0n) is 13.2. The standard InChI is InChI=1S/C17H14N4O3S/c1-24-13-8-6-11(7-9-13)15-19-20-17(25)21(15)18-10-12-4-2-3-5-14(12)16(22)23/h2-10H,1H3,(H,20,25)(H,22,23). The van der Waals surface area contributed by atoms with E-state index >= 15 is 0 Å². The molecule has 1 heterocycles. The van der Waals surface area contributed by atoms with E-state index in [0.717, 1.165) is 11.3 Å². The van der Waals surface area contributed by atoms with Crippen molar-refractivity contribution in [1.29, 1.82) is 0 Å². The maximum absolute atomic E-state index is 11.3. The summed E-state index contributed by atoms with van der Waals surface area (Å²) in [5.74, 6) is 0.216. The van der Waals surface area contributed by atoms with Gasteiger partial charge < -0.3 is 9.84 Å². The Morgan fingerprint density at radius 2 is 2.00 bits per heavy atom. The van der Waals surface area contributed by atoms with Crippen molar-refractivity contribution in [1.82, 2.24) is 14.9 Å². The number of aromatic amines is 1. The van der Waals surface area contributed by atoms with Gasteiger partial charge in [-0.1, -0.05) is 18.2 Å². The molecule has 126 valence electrons. The van der Waals surface area contributed by atoms with Gasteiger partial charge in [0.05, 0.1) is 18.9 Å². The predicted molar refractivity (Wildman–Crippen MR) is 95.8 cm³/mol. The highest BCUT2D eigenvalue weighted by Crippen LogP contribution is 2.21. The Hall–Kier alpha value is -3.26. The van der Waals surface area contributed by atoms with Gasteiger partial charge in [-0.25, -0.2) is 9.89 Å². The number of carboxylic acid groups (broad SMARTS) is 1. The Morgan fingerprint density at radius 1 is 1.28 bits per heavy atom. The first-order chi connectivity index (χ1) is 12.1. The van der Waals surface area contributed by atoms with E-state index in [4.69, 9.17) is 17.0 Å². The molecule has 7 nitrogen and oxygen atoms in total. The highest BCUT2D eigenvalue weighted by Gasteiger charge is 2.10. The van der Waals surface area contributed by atoms with Crippen molar-refractivity contribution in [2.75, 3.05) is 7.11 Å². The number of benzene rings is 2.